The molecule has 3 heterocycles. The number of aromatic nitrogens is 2. The van der Waals surface area contributed by atoms with Crippen molar-refractivity contribution in [1.82, 2.24) is 9.97 Å². The molecule has 0 fully saturated rings. The zero-order chi connectivity index (χ0) is 13.1. The summed E-state index contributed by atoms with van der Waals surface area (Å²) in [6, 6.07) is 11.6. The summed E-state index contributed by atoms with van der Waals surface area (Å²) in [5.41, 5.74) is 6.48. The first-order chi connectivity index (χ1) is 9.36. The normalized spacial score (nSPS) is 13.1. The van der Waals surface area contributed by atoms with Gasteiger partial charge in [0.1, 0.15) is 11.6 Å². The third-order valence-corrected chi connectivity index (χ3v) is 2.82. The van der Waals surface area contributed by atoms with Gasteiger partial charge in [-0.05, 0) is 24.3 Å². The molecular formula is C13H13BIrN5. The van der Waals surface area contributed by atoms with E-state index in [-0.39, 0.29) is 20.1 Å². The molecule has 0 atom stereocenters. The van der Waals surface area contributed by atoms with Gasteiger partial charge in [0.2, 0.25) is 0 Å². The van der Waals surface area contributed by atoms with Crippen molar-refractivity contribution in [2.45, 2.75) is 6.54 Å². The number of nitrogens with zero attached hydrogens (tertiary/aromatic N) is 4. The monoisotopic (exact) mass is 443 g/mol. The van der Waals surface area contributed by atoms with Crippen LogP contribution in [0.5, 0.6) is 0 Å². The van der Waals surface area contributed by atoms with Crippen molar-refractivity contribution < 1.29 is 20.1 Å². The van der Waals surface area contributed by atoms with Gasteiger partial charge in [0.25, 0.3) is 0 Å². The average Bonchev–Trinajstić information content (AvgIpc) is 2.98. The van der Waals surface area contributed by atoms with E-state index in [2.05, 4.69) is 9.97 Å². The summed E-state index contributed by atoms with van der Waals surface area (Å²) in [6.45, 7) is 0.440. The van der Waals surface area contributed by atoms with Gasteiger partial charge < -0.3 is 15.4 Å². The van der Waals surface area contributed by atoms with Crippen LogP contribution in [0.4, 0.5) is 11.6 Å². The van der Waals surface area contributed by atoms with Crippen LogP contribution in [0, 0.1) is 0 Å². The van der Waals surface area contributed by atoms with Crippen molar-refractivity contribution >= 4 is 19.2 Å². The Labute approximate surface area is 132 Å². The van der Waals surface area contributed by atoms with Crippen LogP contribution >= 0.6 is 0 Å². The predicted octanol–water partition coefficient (Wildman–Crippen LogP) is 1.26. The topological polar surface area (TPSA) is 58.3 Å². The molecule has 0 bridgehead atoms. The van der Waals surface area contributed by atoms with Crippen molar-refractivity contribution in [3.63, 3.8) is 0 Å². The summed E-state index contributed by atoms with van der Waals surface area (Å²) in [5.74, 6) is 1.72. The quantitative estimate of drug-likeness (QED) is 0.726. The molecular weight excluding hydrogens is 429 g/mol. The van der Waals surface area contributed by atoms with E-state index in [1.165, 1.54) is 0 Å². The van der Waals surface area contributed by atoms with Gasteiger partial charge in [-0.25, -0.2) is 9.97 Å². The van der Waals surface area contributed by atoms with E-state index < -0.39 is 0 Å². The van der Waals surface area contributed by atoms with Crippen LogP contribution in [0.25, 0.3) is 0 Å². The molecule has 2 radical (unpaired) electrons. The maximum Gasteiger partial charge on any atom is 0.402 e. The number of nitrogens with two attached hydrogens (primary N) is 1. The molecule has 0 saturated carbocycles. The molecule has 7 heteroatoms. The van der Waals surface area contributed by atoms with E-state index in [0.29, 0.717) is 6.54 Å². The second-order valence-corrected chi connectivity index (χ2v) is 4.11. The van der Waals surface area contributed by atoms with Crippen molar-refractivity contribution in [3.8, 4) is 0 Å². The molecule has 0 aromatic carbocycles. The second kappa shape index (κ2) is 6.66. The number of hydrogen-bond acceptors (Lipinski definition) is 5. The van der Waals surface area contributed by atoms with Crippen LogP contribution < -0.4 is 15.4 Å². The van der Waals surface area contributed by atoms with E-state index in [1.54, 1.807) is 6.20 Å². The summed E-state index contributed by atoms with van der Waals surface area (Å²) in [6.07, 6.45) is 5.66. The molecule has 5 nitrogen and oxygen atoms in total. The molecule has 2 aromatic heterocycles. The van der Waals surface area contributed by atoms with Crippen LogP contribution in [0.15, 0.2) is 55.0 Å². The van der Waals surface area contributed by atoms with E-state index >= 15 is 0 Å². The molecule has 20 heavy (non-hydrogen) atoms. The van der Waals surface area contributed by atoms with Gasteiger partial charge >= 0.3 is 7.55 Å². The van der Waals surface area contributed by atoms with Crippen LogP contribution in [0.1, 0.15) is 5.69 Å². The molecule has 3 rings (SSSR count). The fraction of sp³-hybridized carbons (Fsp3) is 0.0769. The van der Waals surface area contributed by atoms with Gasteiger partial charge in [0.15, 0.2) is 0 Å². The minimum Gasteiger partial charge on any atom is -0.358 e. The van der Waals surface area contributed by atoms with E-state index in [1.807, 2.05) is 66.0 Å². The first kappa shape index (κ1) is 14.7. The molecule has 1 aliphatic heterocycles. The zero-order valence-corrected chi connectivity index (χ0v) is 13.1. The fourth-order valence-electron chi connectivity index (χ4n) is 1.86. The van der Waals surface area contributed by atoms with Gasteiger partial charge in [-0.15, -0.1) is 0 Å². The zero-order valence-electron chi connectivity index (χ0n) is 10.7. The van der Waals surface area contributed by atoms with E-state index in [4.69, 9.17) is 5.73 Å². The molecule has 102 valence electrons. The SMILES string of the molecule is NCc1cccc(N2[B]N(c3ccccn3)C=C2)n1.[Ir]. The van der Waals surface area contributed by atoms with E-state index in [9.17, 15) is 0 Å². The van der Waals surface area contributed by atoms with Crippen molar-refractivity contribution in [3.05, 3.63) is 60.7 Å². The number of pyridine rings is 2. The largest absolute Gasteiger partial charge is 0.402 e. The Hall–Kier alpha value is -1.69. The summed E-state index contributed by atoms with van der Waals surface area (Å²) in [4.78, 5) is 12.7. The Morgan fingerprint density at radius 3 is 2.45 bits per heavy atom. The van der Waals surface area contributed by atoms with Gasteiger partial charge in [0, 0.05) is 45.2 Å². The minimum atomic E-state index is 0. The van der Waals surface area contributed by atoms with Crippen LogP contribution in [0.2, 0.25) is 0 Å². The number of rotatable bonds is 3. The molecule has 0 aliphatic carbocycles. The molecule has 2 aromatic rings. The Morgan fingerprint density at radius 1 is 1.00 bits per heavy atom. The molecule has 0 saturated heterocycles. The maximum absolute atomic E-state index is 5.61. The van der Waals surface area contributed by atoms with Gasteiger partial charge in [0.05, 0.1) is 5.69 Å². The number of anilines is 2. The predicted molar refractivity (Wildman–Crippen MR) is 76.2 cm³/mol. The van der Waals surface area contributed by atoms with Gasteiger partial charge in [-0.2, -0.15) is 0 Å². The van der Waals surface area contributed by atoms with E-state index in [0.717, 1.165) is 17.3 Å². The van der Waals surface area contributed by atoms with Crippen molar-refractivity contribution in [1.29, 1.82) is 0 Å². The molecule has 2 N–H and O–H groups in total. The smallest absolute Gasteiger partial charge is 0.358 e. The first-order valence-corrected chi connectivity index (χ1v) is 6.04. The molecule has 1 aliphatic rings. The third-order valence-electron chi connectivity index (χ3n) is 2.82. The third kappa shape index (κ3) is 3.07. The standard InChI is InChI=1S/C13H13BN5.Ir/c15-10-11-4-3-6-13(17-11)19-9-8-18(14-19)12-5-1-2-7-16-12;/h1-9H,10,15H2;. The van der Waals surface area contributed by atoms with Gasteiger partial charge in [-0.1, -0.05) is 12.1 Å². The number of hydrogen-bond donors (Lipinski definition) is 1. The summed E-state index contributed by atoms with van der Waals surface area (Å²) in [5, 5.41) is 0. The minimum absolute atomic E-state index is 0. The Morgan fingerprint density at radius 2 is 1.75 bits per heavy atom. The first-order valence-electron chi connectivity index (χ1n) is 6.04. The Kier molecular flexibility index (Phi) is 4.90. The van der Waals surface area contributed by atoms with Crippen LogP contribution in [0.3, 0.4) is 0 Å². The fourth-order valence-corrected chi connectivity index (χ4v) is 1.86. The second-order valence-electron chi connectivity index (χ2n) is 4.11. The average molecular weight is 442 g/mol. The summed E-state index contributed by atoms with van der Waals surface area (Å²) < 4.78 is 0. The van der Waals surface area contributed by atoms with Crippen molar-refractivity contribution in [2.75, 3.05) is 9.62 Å². The maximum atomic E-state index is 5.61. The molecule has 0 spiro atoms. The van der Waals surface area contributed by atoms with Gasteiger partial charge in [-0.3, -0.25) is 0 Å². The van der Waals surface area contributed by atoms with Crippen LogP contribution in [-0.2, 0) is 26.7 Å². The van der Waals surface area contributed by atoms with Crippen molar-refractivity contribution in [2.24, 2.45) is 5.73 Å². The molecule has 0 unspecified atom stereocenters. The molecule has 0 amide bonds. The Balaban J connectivity index is 0.00000147. The summed E-state index contributed by atoms with van der Waals surface area (Å²) in [7, 11) is 1.94. The summed E-state index contributed by atoms with van der Waals surface area (Å²) >= 11 is 0. The van der Waals surface area contributed by atoms with Crippen LogP contribution in [-0.4, -0.2) is 17.5 Å². The Bertz CT molecular complexity index is 592.